The predicted octanol–water partition coefficient (Wildman–Crippen LogP) is -1.53. The van der Waals surface area contributed by atoms with Crippen molar-refractivity contribution < 1.29 is 19.4 Å². The Morgan fingerprint density at radius 3 is 3.05 bits per heavy atom. The third-order valence-corrected chi connectivity index (χ3v) is 4.11. The second-order valence-corrected chi connectivity index (χ2v) is 5.21. The largest absolute Gasteiger partial charge is 0.468 e. The second-order valence-electron chi connectivity index (χ2n) is 4.22. The van der Waals surface area contributed by atoms with Gasteiger partial charge in [-0.2, -0.15) is 0 Å². The van der Waals surface area contributed by atoms with Crippen LogP contribution in [0.2, 0.25) is 0 Å². The molecule has 1 N–H and O–H groups in total. The zero-order valence-electron chi connectivity index (χ0n) is 10.4. The van der Waals surface area contributed by atoms with Gasteiger partial charge in [-0.15, -0.1) is 0 Å². The lowest BCUT2D eigenvalue weighted by Crippen LogP contribution is -2.38. The van der Waals surface area contributed by atoms with Gasteiger partial charge < -0.3 is 19.4 Å². The number of aliphatic hydroxyl groups excluding tert-OH is 1. The molecular formula is C10H13BN2O5S. The third kappa shape index (κ3) is 2.77. The monoisotopic (exact) mass is 284 g/mol. The van der Waals surface area contributed by atoms with E-state index in [1.54, 1.807) is 4.81 Å². The SMILES string of the molecule is COC(=O)Cn1c2c(sc1=O)C(O)CN(BC=O)C2. The maximum atomic E-state index is 11.8. The van der Waals surface area contributed by atoms with E-state index in [4.69, 9.17) is 0 Å². The van der Waals surface area contributed by atoms with Gasteiger partial charge >= 0.3 is 10.8 Å². The van der Waals surface area contributed by atoms with Crippen molar-refractivity contribution in [3.05, 3.63) is 20.2 Å². The van der Waals surface area contributed by atoms with Crippen LogP contribution in [0.4, 0.5) is 0 Å². The molecule has 0 radical (unpaired) electrons. The molecule has 1 aromatic rings. The maximum Gasteiger partial charge on any atom is 0.325 e. The minimum atomic E-state index is -0.805. The van der Waals surface area contributed by atoms with Gasteiger partial charge in [0.05, 0.1) is 23.9 Å². The first-order chi connectivity index (χ1) is 9.06. The molecule has 1 unspecified atom stereocenters. The number of methoxy groups -OCH3 is 1. The molecule has 0 amide bonds. The number of hydrogen-bond acceptors (Lipinski definition) is 7. The van der Waals surface area contributed by atoms with E-state index in [2.05, 4.69) is 4.74 Å². The van der Waals surface area contributed by atoms with Crippen molar-refractivity contribution >= 4 is 30.9 Å². The van der Waals surface area contributed by atoms with E-state index >= 15 is 0 Å². The van der Waals surface area contributed by atoms with Gasteiger partial charge in [-0.25, -0.2) is 0 Å². The normalized spacial score (nSPS) is 18.7. The molecule has 1 aliphatic rings. The standard InChI is InChI=1S/C10H13BN2O5S/c1-18-8(16)4-13-6-2-12(11-5-14)3-7(15)9(6)19-10(13)17/h5,7,11,15H,2-4H2,1H3. The van der Waals surface area contributed by atoms with E-state index in [9.17, 15) is 19.5 Å². The molecular weight excluding hydrogens is 271 g/mol. The number of carbonyl (C=O) groups is 2. The number of esters is 1. The summed E-state index contributed by atoms with van der Waals surface area (Å²) in [6.07, 6.45) is -0.0624. The van der Waals surface area contributed by atoms with Crippen molar-refractivity contribution in [3.63, 3.8) is 0 Å². The van der Waals surface area contributed by atoms with E-state index in [1.165, 1.54) is 11.7 Å². The fourth-order valence-corrected chi connectivity index (χ4v) is 3.05. The summed E-state index contributed by atoms with van der Waals surface area (Å²) in [5.74, 6) is -0.523. The Balaban J connectivity index is 2.35. The molecule has 1 aliphatic heterocycles. The molecule has 1 aromatic heterocycles. The highest BCUT2D eigenvalue weighted by atomic mass is 32.1. The van der Waals surface area contributed by atoms with Gasteiger partial charge in [-0.05, 0) is 0 Å². The van der Waals surface area contributed by atoms with Gasteiger partial charge in [0.1, 0.15) is 12.6 Å². The highest BCUT2D eigenvalue weighted by molar-refractivity contribution is 7.09. The van der Waals surface area contributed by atoms with Gasteiger partial charge in [0.2, 0.25) is 0 Å². The minimum Gasteiger partial charge on any atom is -0.468 e. The van der Waals surface area contributed by atoms with Gasteiger partial charge in [0, 0.05) is 13.1 Å². The number of aromatic nitrogens is 1. The maximum absolute atomic E-state index is 11.8. The Morgan fingerprint density at radius 2 is 2.42 bits per heavy atom. The Kier molecular flexibility index (Phi) is 4.18. The molecule has 7 nitrogen and oxygen atoms in total. The Morgan fingerprint density at radius 1 is 1.68 bits per heavy atom. The van der Waals surface area contributed by atoms with Crippen molar-refractivity contribution in [2.24, 2.45) is 0 Å². The summed E-state index contributed by atoms with van der Waals surface area (Å²) < 4.78 is 5.84. The lowest BCUT2D eigenvalue weighted by atomic mass is 9.91. The Labute approximate surface area is 113 Å². The molecule has 0 spiro atoms. The van der Waals surface area contributed by atoms with Crippen LogP contribution in [0.3, 0.4) is 0 Å². The molecule has 0 saturated heterocycles. The van der Waals surface area contributed by atoms with Crippen LogP contribution in [-0.2, 0) is 27.4 Å². The first-order valence-corrected chi connectivity index (χ1v) is 6.51. The van der Waals surface area contributed by atoms with Crippen LogP contribution in [0.25, 0.3) is 0 Å². The van der Waals surface area contributed by atoms with E-state index in [0.717, 1.165) is 17.5 Å². The molecule has 102 valence electrons. The number of thiazole rings is 1. The molecule has 9 heteroatoms. The highest BCUT2D eigenvalue weighted by Gasteiger charge is 2.29. The second kappa shape index (κ2) is 5.68. The third-order valence-electron chi connectivity index (χ3n) is 2.98. The summed E-state index contributed by atoms with van der Waals surface area (Å²) in [5, 5.41) is 9.97. The summed E-state index contributed by atoms with van der Waals surface area (Å²) in [7, 11) is 1.43. The topological polar surface area (TPSA) is 88.8 Å². The van der Waals surface area contributed by atoms with Crippen LogP contribution in [0.15, 0.2) is 4.79 Å². The minimum absolute atomic E-state index is 0.178. The van der Waals surface area contributed by atoms with Gasteiger partial charge in [-0.3, -0.25) is 14.2 Å². The lowest BCUT2D eigenvalue weighted by Gasteiger charge is -2.28. The number of fused-ring (bicyclic) bond motifs is 1. The molecule has 0 bridgehead atoms. The average Bonchev–Trinajstić information content (AvgIpc) is 2.68. The van der Waals surface area contributed by atoms with Gasteiger partial charge in [-0.1, -0.05) is 11.3 Å². The summed E-state index contributed by atoms with van der Waals surface area (Å²) in [6.45, 7) is 0.494. The van der Waals surface area contributed by atoms with Crippen molar-refractivity contribution in [1.82, 2.24) is 9.38 Å². The van der Waals surface area contributed by atoms with Crippen molar-refractivity contribution in [2.75, 3.05) is 13.7 Å². The van der Waals surface area contributed by atoms with E-state index in [1.807, 2.05) is 0 Å². The van der Waals surface area contributed by atoms with Gasteiger partial charge in [0.25, 0.3) is 7.41 Å². The number of β-amino-alcohol motifs (C(OH)–C–C–N with tert-alkyl or cyclic N) is 1. The smallest absolute Gasteiger partial charge is 0.325 e. The molecule has 0 fully saturated rings. The fourth-order valence-electron chi connectivity index (χ4n) is 2.08. The zero-order valence-corrected chi connectivity index (χ0v) is 11.2. The lowest BCUT2D eigenvalue weighted by molar-refractivity contribution is -0.141. The van der Waals surface area contributed by atoms with E-state index in [-0.39, 0.29) is 18.8 Å². The zero-order chi connectivity index (χ0) is 14.0. The number of hydrogen-bond donors (Lipinski definition) is 1. The van der Waals surface area contributed by atoms with Crippen LogP contribution < -0.4 is 4.87 Å². The Hall–Kier alpha value is -1.45. The fraction of sp³-hybridized carbons (Fsp3) is 0.500. The summed E-state index contributed by atoms with van der Waals surface area (Å²) >= 11 is 0.932. The van der Waals surface area contributed by atoms with E-state index in [0.29, 0.717) is 23.7 Å². The van der Waals surface area contributed by atoms with Crippen LogP contribution in [-0.4, -0.2) is 47.7 Å². The van der Waals surface area contributed by atoms with Crippen LogP contribution in [0.1, 0.15) is 16.7 Å². The number of carbonyl (C=O) groups excluding carboxylic acids is 2. The van der Waals surface area contributed by atoms with Crippen molar-refractivity contribution in [3.8, 4) is 0 Å². The number of rotatable bonds is 4. The molecule has 19 heavy (non-hydrogen) atoms. The molecule has 2 heterocycles. The van der Waals surface area contributed by atoms with Crippen LogP contribution >= 0.6 is 11.3 Å². The van der Waals surface area contributed by atoms with E-state index < -0.39 is 12.1 Å². The first-order valence-electron chi connectivity index (χ1n) is 5.70. The number of ether oxygens (including phenoxy) is 1. The number of aliphatic hydroxyl groups is 1. The molecule has 0 aromatic carbocycles. The van der Waals surface area contributed by atoms with Crippen LogP contribution in [0.5, 0.6) is 0 Å². The average molecular weight is 284 g/mol. The van der Waals surface area contributed by atoms with Crippen molar-refractivity contribution in [2.45, 2.75) is 19.2 Å². The summed E-state index contributed by atoms with van der Waals surface area (Å²) in [5.41, 5.74) is 0.584. The first kappa shape index (κ1) is 14.0. The van der Waals surface area contributed by atoms with Gasteiger partial charge in [0.15, 0.2) is 0 Å². The summed E-state index contributed by atoms with van der Waals surface area (Å²) in [6, 6.07) is 0. The molecule has 1 atom stereocenters. The van der Waals surface area contributed by atoms with Crippen molar-refractivity contribution in [1.29, 1.82) is 0 Å². The highest BCUT2D eigenvalue weighted by Crippen LogP contribution is 2.28. The summed E-state index contributed by atoms with van der Waals surface area (Å²) in [4.78, 5) is 35.7. The molecule has 2 rings (SSSR count). The van der Waals surface area contributed by atoms with Crippen LogP contribution in [0, 0.1) is 0 Å². The predicted molar refractivity (Wildman–Crippen MR) is 69.9 cm³/mol. The molecule has 0 saturated carbocycles. The molecule has 0 aliphatic carbocycles. The Bertz CT molecular complexity index is 555. The quantitative estimate of drug-likeness (QED) is 0.410. The number of nitrogens with zero attached hydrogens (tertiary/aromatic N) is 2.